The van der Waals surface area contributed by atoms with Crippen LogP contribution in [0.2, 0.25) is 5.02 Å². The molecule has 3 aromatic rings. The van der Waals surface area contributed by atoms with Gasteiger partial charge in [0, 0.05) is 17.3 Å². The predicted octanol–water partition coefficient (Wildman–Crippen LogP) is 6.14. The minimum absolute atomic E-state index is 0.0910. The summed E-state index contributed by atoms with van der Waals surface area (Å²) >= 11 is 5.78. The van der Waals surface area contributed by atoms with Crippen LogP contribution in [-0.4, -0.2) is 23.0 Å². The first-order valence-corrected chi connectivity index (χ1v) is 10.9. The van der Waals surface area contributed by atoms with Crippen LogP contribution in [0.3, 0.4) is 0 Å². The fraction of sp³-hybridized carbons (Fsp3) is 0.231. The molecule has 0 aliphatic rings. The maximum absolute atomic E-state index is 13.8. The second kappa shape index (κ2) is 10.0. The molecular formula is C26H26ClFN2O3. The van der Waals surface area contributed by atoms with Crippen molar-refractivity contribution in [3.63, 3.8) is 0 Å². The van der Waals surface area contributed by atoms with Crippen LogP contribution >= 0.6 is 11.6 Å². The quantitative estimate of drug-likeness (QED) is 0.389. The molecule has 1 amide bonds. The van der Waals surface area contributed by atoms with Crippen LogP contribution in [0.4, 0.5) is 10.1 Å². The van der Waals surface area contributed by atoms with Crippen molar-refractivity contribution in [1.29, 1.82) is 0 Å². The average molecular weight is 469 g/mol. The molecule has 2 unspecified atom stereocenters. The van der Waals surface area contributed by atoms with E-state index in [1.807, 2.05) is 57.2 Å². The first-order valence-electron chi connectivity index (χ1n) is 10.5. The van der Waals surface area contributed by atoms with Gasteiger partial charge in [-0.3, -0.25) is 9.59 Å². The van der Waals surface area contributed by atoms with Crippen molar-refractivity contribution in [2.24, 2.45) is 0 Å². The van der Waals surface area contributed by atoms with Crippen LogP contribution in [0, 0.1) is 19.7 Å². The molecule has 3 N–H and O–H groups in total. The maximum Gasteiger partial charge on any atom is 0.325 e. The third kappa shape index (κ3) is 5.71. The molecule has 3 rings (SSSR count). The summed E-state index contributed by atoms with van der Waals surface area (Å²) in [6, 6.07) is 15.3. The Balaban J connectivity index is 1.84. The van der Waals surface area contributed by atoms with Crippen LogP contribution < -0.4 is 10.6 Å². The number of aryl methyl sites for hydroxylation is 2. The lowest BCUT2D eigenvalue weighted by Crippen LogP contribution is -2.38. The zero-order chi connectivity index (χ0) is 24.3. The molecule has 0 fully saturated rings. The van der Waals surface area contributed by atoms with Crippen LogP contribution in [0.25, 0.3) is 11.1 Å². The number of hydrogen-bond acceptors (Lipinski definition) is 3. The predicted molar refractivity (Wildman–Crippen MR) is 129 cm³/mol. The number of carboxylic acid groups (broad SMARTS) is 1. The second-order valence-corrected chi connectivity index (χ2v) is 8.55. The van der Waals surface area contributed by atoms with Crippen LogP contribution in [0.1, 0.15) is 46.9 Å². The number of hydrogen-bond donors (Lipinski definition) is 3. The standard InChI is InChI=1S/C26H26ClFN2O3/c1-14-10-20(11-15(2)24(14)25(31)30-17(4)26(32)33)19-6-5-7-21(12-19)29-16(3)18-8-9-22(27)23(28)13-18/h5-13,16-17,29H,1-4H3,(H,30,31)(H,32,33). The molecule has 0 aromatic heterocycles. The number of nitrogens with one attached hydrogen (secondary N) is 2. The molecule has 0 saturated heterocycles. The normalized spacial score (nSPS) is 12.7. The van der Waals surface area contributed by atoms with Gasteiger partial charge in [-0.05, 0) is 79.8 Å². The first-order chi connectivity index (χ1) is 15.6. The minimum Gasteiger partial charge on any atom is -0.480 e. The van der Waals surface area contributed by atoms with E-state index >= 15 is 0 Å². The number of carbonyl (C=O) groups excluding carboxylic acids is 1. The van der Waals surface area contributed by atoms with Gasteiger partial charge < -0.3 is 15.7 Å². The topological polar surface area (TPSA) is 78.4 Å². The van der Waals surface area contributed by atoms with Crippen LogP contribution in [-0.2, 0) is 4.79 Å². The zero-order valence-corrected chi connectivity index (χ0v) is 19.6. The van der Waals surface area contributed by atoms with Gasteiger partial charge in [0.25, 0.3) is 5.91 Å². The lowest BCUT2D eigenvalue weighted by molar-refractivity contribution is -0.138. The van der Waals surface area contributed by atoms with E-state index in [9.17, 15) is 14.0 Å². The van der Waals surface area contributed by atoms with E-state index in [1.54, 1.807) is 12.1 Å². The van der Waals surface area contributed by atoms with Crippen molar-refractivity contribution in [2.75, 3.05) is 5.32 Å². The van der Waals surface area contributed by atoms with Crippen LogP contribution in [0.5, 0.6) is 0 Å². The number of anilines is 1. The first kappa shape index (κ1) is 24.3. The molecule has 0 spiro atoms. The van der Waals surface area contributed by atoms with E-state index in [0.29, 0.717) is 5.56 Å². The summed E-state index contributed by atoms with van der Waals surface area (Å²) in [5.41, 5.74) is 5.50. The summed E-state index contributed by atoms with van der Waals surface area (Å²) in [5.74, 6) is -1.95. The summed E-state index contributed by atoms with van der Waals surface area (Å²) in [6.07, 6.45) is 0. The molecular weight excluding hydrogens is 443 g/mol. The van der Waals surface area contributed by atoms with Gasteiger partial charge in [-0.2, -0.15) is 0 Å². The van der Waals surface area contributed by atoms with Crippen molar-refractivity contribution in [3.05, 3.63) is 87.7 Å². The third-order valence-electron chi connectivity index (χ3n) is 5.50. The highest BCUT2D eigenvalue weighted by atomic mass is 35.5. The zero-order valence-electron chi connectivity index (χ0n) is 18.9. The molecule has 3 aromatic carbocycles. The van der Waals surface area contributed by atoms with Gasteiger partial charge in [0.2, 0.25) is 0 Å². The number of carbonyl (C=O) groups is 2. The van der Waals surface area contributed by atoms with Gasteiger partial charge in [0.1, 0.15) is 11.9 Å². The maximum atomic E-state index is 13.8. The Morgan fingerprint density at radius 2 is 1.64 bits per heavy atom. The molecule has 33 heavy (non-hydrogen) atoms. The third-order valence-corrected chi connectivity index (χ3v) is 5.81. The molecule has 0 saturated carbocycles. The van der Waals surface area contributed by atoms with Crippen molar-refractivity contribution in [3.8, 4) is 11.1 Å². The molecule has 0 bridgehead atoms. The Labute approximate surface area is 197 Å². The molecule has 5 nitrogen and oxygen atoms in total. The van der Waals surface area contributed by atoms with Gasteiger partial charge >= 0.3 is 5.97 Å². The Kier molecular flexibility index (Phi) is 7.39. The second-order valence-electron chi connectivity index (χ2n) is 8.14. The summed E-state index contributed by atoms with van der Waals surface area (Å²) in [7, 11) is 0. The molecule has 0 aliphatic carbocycles. The Morgan fingerprint density at radius 1 is 0.970 bits per heavy atom. The van der Waals surface area contributed by atoms with E-state index < -0.39 is 23.7 Å². The van der Waals surface area contributed by atoms with E-state index in [0.717, 1.165) is 33.5 Å². The van der Waals surface area contributed by atoms with Gasteiger partial charge in [0.05, 0.1) is 5.02 Å². The van der Waals surface area contributed by atoms with Gasteiger partial charge in [-0.15, -0.1) is 0 Å². The number of aliphatic carboxylic acids is 1. The number of rotatable bonds is 7. The molecule has 0 heterocycles. The molecule has 172 valence electrons. The monoisotopic (exact) mass is 468 g/mol. The fourth-order valence-electron chi connectivity index (χ4n) is 3.72. The Bertz CT molecular complexity index is 1190. The molecule has 0 aliphatic heterocycles. The summed E-state index contributed by atoms with van der Waals surface area (Å²) < 4.78 is 13.8. The van der Waals surface area contributed by atoms with Crippen molar-refractivity contribution >= 4 is 29.2 Å². The molecule has 7 heteroatoms. The SMILES string of the molecule is Cc1cc(-c2cccc(NC(C)c3ccc(Cl)c(F)c3)c2)cc(C)c1C(=O)NC(C)C(=O)O. The van der Waals surface area contributed by atoms with Crippen molar-refractivity contribution < 1.29 is 19.1 Å². The summed E-state index contributed by atoms with van der Waals surface area (Å²) in [4.78, 5) is 23.6. The number of amides is 1. The number of carboxylic acids is 1. The van der Waals surface area contributed by atoms with E-state index in [1.165, 1.54) is 13.0 Å². The fourth-order valence-corrected chi connectivity index (χ4v) is 3.84. The molecule has 0 radical (unpaired) electrons. The minimum atomic E-state index is -1.09. The van der Waals surface area contributed by atoms with Gasteiger partial charge in [-0.25, -0.2) is 4.39 Å². The smallest absolute Gasteiger partial charge is 0.325 e. The summed E-state index contributed by atoms with van der Waals surface area (Å²) in [5, 5.41) is 15.0. The van der Waals surface area contributed by atoms with E-state index in [4.69, 9.17) is 16.7 Å². The van der Waals surface area contributed by atoms with Crippen molar-refractivity contribution in [1.82, 2.24) is 5.32 Å². The van der Waals surface area contributed by atoms with Gasteiger partial charge in [-0.1, -0.05) is 41.9 Å². The van der Waals surface area contributed by atoms with Gasteiger partial charge in [0.15, 0.2) is 0 Å². The summed E-state index contributed by atoms with van der Waals surface area (Å²) in [6.45, 7) is 7.03. The number of benzene rings is 3. The molecule has 2 atom stereocenters. The Morgan fingerprint density at radius 3 is 2.24 bits per heavy atom. The largest absolute Gasteiger partial charge is 0.480 e. The highest BCUT2D eigenvalue weighted by molar-refractivity contribution is 6.30. The highest BCUT2D eigenvalue weighted by Crippen LogP contribution is 2.29. The average Bonchev–Trinajstić information content (AvgIpc) is 2.75. The number of halogens is 2. The lowest BCUT2D eigenvalue weighted by atomic mass is 9.94. The Hall–Kier alpha value is -3.38. The van der Waals surface area contributed by atoms with Crippen LogP contribution in [0.15, 0.2) is 54.6 Å². The highest BCUT2D eigenvalue weighted by Gasteiger charge is 2.19. The van der Waals surface area contributed by atoms with E-state index in [-0.39, 0.29) is 11.1 Å². The van der Waals surface area contributed by atoms with Crippen molar-refractivity contribution in [2.45, 2.75) is 39.8 Å². The van der Waals surface area contributed by atoms with E-state index in [2.05, 4.69) is 10.6 Å². The lowest BCUT2D eigenvalue weighted by Gasteiger charge is -2.18.